The smallest absolute Gasteiger partial charge is 0.324 e. The molecule has 1 aromatic carbocycles. The number of aromatic nitrogens is 3. The van der Waals surface area contributed by atoms with E-state index in [1.54, 1.807) is 31.4 Å². The van der Waals surface area contributed by atoms with Crippen molar-refractivity contribution in [1.82, 2.24) is 15.0 Å². The van der Waals surface area contributed by atoms with Crippen LogP contribution < -0.4 is 9.47 Å². The molecule has 0 radical (unpaired) electrons. The topological polar surface area (TPSA) is 57.1 Å². The van der Waals surface area contributed by atoms with Crippen LogP contribution >= 0.6 is 0 Å². The van der Waals surface area contributed by atoms with Crippen LogP contribution in [0.2, 0.25) is 0 Å². The highest BCUT2D eigenvalue weighted by atomic mass is 16.5. The first-order valence-electron chi connectivity index (χ1n) is 4.32. The summed E-state index contributed by atoms with van der Waals surface area (Å²) in [7, 11) is 1.61. The summed E-state index contributed by atoms with van der Waals surface area (Å²) < 4.78 is 10.4. The molecule has 0 N–H and O–H groups in total. The zero-order valence-corrected chi connectivity index (χ0v) is 8.12. The summed E-state index contributed by atoms with van der Waals surface area (Å²) in [5.74, 6) is 1.43. The third-order valence-corrected chi connectivity index (χ3v) is 1.74. The largest absolute Gasteiger partial charge is 0.497 e. The molecule has 0 saturated carbocycles. The minimum Gasteiger partial charge on any atom is -0.497 e. The molecule has 0 unspecified atom stereocenters. The Morgan fingerprint density at radius 1 is 0.933 bits per heavy atom. The molecule has 2 rings (SSSR count). The van der Waals surface area contributed by atoms with Crippen LogP contribution in [0.4, 0.5) is 0 Å². The Morgan fingerprint density at radius 2 is 1.53 bits per heavy atom. The monoisotopic (exact) mass is 203 g/mol. The quantitative estimate of drug-likeness (QED) is 0.759. The molecule has 0 aliphatic heterocycles. The van der Waals surface area contributed by atoms with Crippen molar-refractivity contribution in [2.45, 2.75) is 0 Å². The lowest BCUT2D eigenvalue weighted by atomic mass is 10.3. The van der Waals surface area contributed by atoms with Crippen LogP contribution in [0.5, 0.6) is 17.5 Å². The van der Waals surface area contributed by atoms with Crippen LogP contribution in [0.15, 0.2) is 36.9 Å². The van der Waals surface area contributed by atoms with Crippen molar-refractivity contribution >= 4 is 0 Å². The fraction of sp³-hybridized carbons (Fsp3) is 0.100. The first kappa shape index (κ1) is 9.39. The van der Waals surface area contributed by atoms with E-state index < -0.39 is 0 Å². The molecule has 0 saturated heterocycles. The standard InChI is InChI=1S/C10H9N3O2/c1-14-8-2-4-9(5-3-8)15-10-12-6-11-7-13-10/h2-7H,1H3. The van der Waals surface area contributed by atoms with Gasteiger partial charge in [-0.25, -0.2) is 4.98 Å². The predicted octanol–water partition coefficient (Wildman–Crippen LogP) is 1.67. The maximum Gasteiger partial charge on any atom is 0.324 e. The average molecular weight is 203 g/mol. The van der Waals surface area contributed by atoms with Crippen molar-refractivity contribution in [1.29, 1.82) is 0 Å². The van der Waals surface area contributed by atoms with E-state index in [2.05, 4.69) is 15.0 Å². The summed E-state index contributed by atoms with van der Waals surface area (Å²) in [6.45, 7) is 0. The molecule has 0 aliphatic rings. The minimum atomic E-state index is 0.273. The van der Waals surface area contributed by atoms with E-state index in [0.717, 1.165) is 5.75 Å². The fourth-order valence-corrected chi connectivity index (χ4v) is 1.03. The van der Waals surface area contributed by atoms with Crippen LogP contribution in [-0.4, -0.2) is 22.1 Å². The van der Waals surface area contributed by atoms with Gasteiger partial charge < -0.3 is 9.47 Å². The van der Waals surface area contributed by atoms with E-state index in [1.807, 2.05) is 0 Å². The van der Waals surface area contributed by atoms with E-state index in [0.29, 0.717) is 5.75 Å². The van der Waals surface area contributed by atoms with Gasteiger partial charge in [-0.1, -0.05) is 0 Å². The SMILES string of the molecule is COc1ccc(Oc2ncncn2)cc1. The van der Waals surface area contributed by atoms with Gasteiger partial charge in [-0.15, -0.1) is 0 Å². The van der Waals surface area contributed by atoms with Gasteiger partial charge in [-0.2, -0.15) is 9.97 Å². The second-order valence-electron chi connectivity index (χ2n) is 2.70. The molecule has 0 spiro atoms. The molecule has 0 atom stereocenters. The highest BCUT2D eigenvalue weighted by molar-refractivity contribution is 5.32. The van der Waals surface area contributed by atoms with E-state index in [4.69, 9.17) is 9.47 Å². The number of rotatable bonds is 3. The van der Waals surface area contributed by atoms with E-state index in [9.17, 15) is 0 Å². The van der Waals surface area contributed by atoms with Gasteiger partial charge in [-0.3, -0.25) is 0 Å². The van der Waals surface area contributed by atoms with Crippen molar-refractivity contribution < 1.29 is 9.47 Å². The first-order chi connectivity index (χ1) is 7.38. The summed E-state index contributed by atoms with van der Waals surface area (Å²) >= 11 is 0. The molecule has 2 aromatic rings. The number of nitrogens with zero attached hydrogens (tertiary/aromatic N) is 3. The highest BCUT2D eigenvalue weighted by Gasteiger charge is 1.98. The van der Waals surface area contributed by atoms with Gasteiger partial charge in [0, 0.05) is 0 Å². The van der Waals surface area contributed by atoms with Crippen molar-refractivity contribution in [2.75, 3.05) is 7.11 Å². The number of ether oxygens (including phenoxy) is 2. The Bertz CT molecular complexity index is 416. The van der Waals surface area contributed by atoms with Crippen LogP contribution in [0.25, 0.3) is 0 Å². The molecular weight excluding hydrogens is 194 g/mol. The second-order valence-corrected chi connectivity index (χ2v) is 2.70. The Morgan fingerprint density at radius 3 is 2.13 bits per heavy atom. The van der Waals surface area contributed by atoms with E-state index >= 15 is 0 Å². The number of hydrogen-bond acceptors (Lipinski definition) is 5. The molecule has 0 amide bonds. The highest BCUT2D eigenvalue weighted by Crippen LogP contribution is 2.20. The van der Waals surface area contributed by atoms with Crippen molar-refractivity contribution in [3.05, 3.63) is 36.9 Å². The molecule has 15 heavy (non-hydrogen) atoms. The van der Waals surface area contributed by atoms with Crippen molar-refractivity contribution in [3.8, 4) is 17.5 Å². The van der Waals surface area contributed by atoms with Crippen LogP contribution in [0, 0.1) is 0 Å². The predicted molar refractivity (Wildman–Crippen MR) is 52.9 cm³/mol. The Labute approximate surface area is 86.7 Å². The maximum atomic E-state index is 5.36. The lowest BCUT2D eigenvalue weighted by Crippen LogP contribution is -1.91. The zero-order valence-electron chi connectivity index (χ0n) is 8.12. The third-order valence-electron chi connectivity index (χ3n) is 1.74. The lowest BCUT2D eigenvalue weighted by molar-refractivity contribution is 0.410. The minimum absolute atomic E-state index is 0.273. The molecule has 0 aliphatic carbocycles. The van der Waals surface area contributed by atoms with E-state index in [1.165, 1.54) is 12.7 Å². The van der Waals surface area contributed by atoms with Gasteiger partial charge in [0.25, 0.3) is 0 Å². The lowest BCUT2D eigenvalue weighted by Gasteiger charge is -2.03. The number of hydrogen-bond donors (Lipinski definition) is 0. The molecule has 0 bridgehead atoms. The van der Waals surface area contributed by atoms with Crippen molar-refractivity contribution in [2.24, 2.45) is 0 Å². The Kier molecular flexibility index (Phi) is 2.73. The average Bonchev–Trinajstić information content (AvgIpc) is 2.31. The van der Waals surface area contributed by atoms with Crippen LogP contribution in [-0.2, 0) is 0 Å². The summed E-state index contributed by atoms with van der Waals surface area (Å²) in [5, 5.41) is 0. The van der Waals surface area contributed by atoms with Gasteiger partial charge in [0.15, 0.2) is 0 Å². The first-order valence-corrected chi connectivity index (χ1v) is 4.32. The molecule has 1 heterocycles. The fourth-order valence-electron chi connectivity index (χ4n) is 1.03. The third kappa shape index (κ3) is 2.40. The maximum absolute atomic E-state index is 5.36. The summed E-state index contributed by atoms with van der Waals surface area (Å²) in [4.78, 5) is 11.4. The summed E-state index contributed by atoms with van der Waals surface area (Å²) in [6, 6.07) is 7.44. The molecule has 76 valence electrons. The number of methoxy groups -OCH3 is 1. The molecule has 0 fully saturated rings. The van der Waals surface area contributed by atoms with Gasteiger partial charge >= 0.3 is 6.01 Å². The van der Waals surface area contributed by atoms with Gasteiger partial charge in [0.05, 0.1) is 7.11 Å². The van der Waals surface area contributed by atoms with Gasteiger partial charge in [-0.05, 0) is 24.3 Å². The normalized spacial score (nSPS) is 9.67. The van der Waals surface area contributed by atoms with E-state index in [-0.39, 0.29) is 6.01 Å². The molecule has 1 aromatic heterocycles. The summed E-state index contributed by atoms with van der Waals surface area (Å²) in [6.07, 6.45) is 2.76. The molecular formula is C10H9N3O2. The molecule has 5 heteroatoms. The Hall–Kier alpha value is -2.17. The van der Waals surface area contributed by atoms with Gasteiger partial charge in [0.1, 0.15) is 24.2 Å². The molecule has 5 nitrogen and oxygen atoms in total. The zero-order chi connectivity index (χ0) is 10.5. The van der Waals surface area contributed by atoms with Crippen LogP contribution in [0.1, 0.15) is 0 Å². The second kappa shape index (κ2) is 4.36. The van der Waals surface area contributed by atoms with Crippen molar-refractivity contribution in [3.63, 3.8) is 0 Å². The number of benzene rings is 1. The van der Waals surface area contributed by atoms with Crippen LogP contribution in [0.3, 0.4) is 0 Å². The Balaban J connectivity index is 2.11. The van der Waals surface area contributed by atoms with Gasteiger partial charge in [0.2, 0.25) is 0 Å². The summed E-state index contributed by atoms with van der Waals surface area (Å²) in [5.41, 5.74) is 0.